The summed E-state index contributed by atoms with van der Waals surface area (Å²) in [6, 6.07) is 0. The molecule has 15 heavy (non-hydrogen) atoms. The molecular weight excluding hydrogens is 252 g/mol. The largest absolute Gasteiger partial charge is 0.294 e. The topological polar surface area (TPSA) is 17.1 Å². The first-order valence-electron chi connectivity index (χ1n) is 5.42. The molecule has 0 atom stereocenters. The standard InChI is InChI=1S/C13H17BrO/c1-3-6-13(15)11-7-4-5-8-12(14)10(2)9-11/h7-9H,3-6H2,1-2H3/b10-9-,11-7+,12-8?. The minimum atomic E-state index is 0.263. The molecule has 0 aromatic carbocycles. The van der Waals surface area contributed by atoms with Crippen LogP contribution in [0.15, 0.2) is 33.9 Å². The maximum atomic E-state index is 11.8. The van der Waals surface area contributed by atoms with Gasteiger partial charge in [-0.05, 0) is 37.8 Å². The van der Waals surface area contributed by atoms with Crippen LogP contribution in [0.2, 0.25) is 0 Å². The fourth-order valence-corrected chi connectivity index (χ4v) is 1.88. The minimum absolute atomic E-state index is 0.263. The molecule has 0 saturated carbocycles. The molecule has 0 aromatic rings. The van der Waals surface area contributed by atoms with Crippen LogP contribution >= 0.6 is 15.9 Å². The SMILES string of the molecule is CCCC(=O)C1=C/CCC=C(Br)/C(C)=C\1. The van der Waals surface area contributed by atoms with E-state index in [9.17, 15) is 4.79 Å². The molecule has 0 bridgehead atoms. The van der Waals surface area contributed by atoms with E-state index >= 15 is 0 Å². The van der Waals surface area contributed by atoms with Gasteiger partial charge in [0.25, 0.3) is 0 Å². The molecule has 1 aliphatic carbocycles. The van der Waals surface area contributed by atoms with E-state index in [1.807, 2.05) is 19.9 Å². The van der Waals surface area contributed by atoms with Crippen LogP contribution in [-0.2, 0) is 4.79 Å². The Kier molecular flexibility index (Phi) is 5.03. The van der Waals surface area contributed by atoms with E-state index in [4.69, 9.17) is 0 Å². The molecule has 1 nitrogen and oxygen atoms in total. The fourth-order valence-electron chi connectivity index (χ4n) is 1.54. The van der Waals surface area contributed by atoms with Crippen molar-refractivity contribution in [3.8, 4) is 0 Å². The van der Waals surface area contributed by atoms with Gasteiger partial charge in [-0.1, -0.05) is 35.0 Å². The molecule has 0 unspecified atom stereocenters. The highest BCUT2D eigenvalue weighted by molar-refractivity contribution is 9.12. The molecule has 0 aromatic heterocycles. The lowest BCUT2D eigenvalue weighted by Crippen LogP contribution is -2.01. The molecule has 0 aliphatic heterocycles. The van der Waals surface area contributed by atoms with Crippen molar-refractivity contribution in [2.24, 2.45) is 0 Å². The van der Waals surface area contributed by atoms with Gasteiger partial charge in [0.05, 0.1) is 0 Å². The maximum Gasteiger partial charge on any atom is 0.162 e. The highest BCUT2D eigenvalue weighted by atomic mass is 79.9. The van der Waals surface area contributed by atoms with Crippen molar-refractivity contribution in [3.05, 3.63) is 33.9 Å². The Morgan fingerprint density at radius 3 is 2.73 bits per heavy atom. The smallest absolute Gasteiger partial charge is 0.162 e. The van der Waals surface area contributed by atoms with Gasteiger partial charge in [-0.2, -0.15) is 0 Å². The van der Waals surface area contributed by atoms with Crippen molar-refractivity contribution in [1.82, 2.24) is 0 Å². The van der Waals surface area contributed by atoms with Gasteiger partial charge in [0, 0.05) is 16.5 Å². The van der Waals surface area contributed by atoms with Crippen molar-refractivity contribution >= 4 is 21.7 Å². The highest BCUT2D eigenvalue weighted by Crippen LogP contribution is 2.23. The van der Waals surface area contributed by atoms with Crippen molar-refractivity contribution in [2.45, 2.75) is 39.5 Å². The summed E-state index contributed by atoms with van der Waals surface area (Å²) in [7, 11) is 0. The normalized spacial score (nSPS) is 24.1. The lowest BCUT2D eigenvalue weighted by molar-refractivity contribution is -0.115. The number of halogens is 1. The van der Waals surface area contributed by atoms with E-state index in [0.717, 1.165) is 34.9 Å². The van der Waals surface area contributed by atoms with Crippen molar-refractivity contribution in [1.29, 1.82) is 0 Å². The molecule has 0 spiro atoms. The predicted molar refractivity (Wildman–Crippen MR) is 68.0 cm³/mol. The molecule has 0 fully saturated rings. The quantitative estimate of drug-likeness (QED) is 0.746. The molecule has 0 radical (unpaired) electrons. The average molecular weight is 269 g/mol. The average Bonchev–Trinajstić information content (AvgIpc) is 2.19. The number of ketones is 1. The number of carbonyl (C=O) groups excluding carboxylic acids is 1. The van der Waals surface area contributed by atoms with Crippen LogP contribution in [0, 0.1) is 0 Å². The zero-order chi connectivity index (χ0) is 11.3. The van der Waals surface area contributed by atoms with Crippen molar-refractivity contribution < 1.29 is 4.79 Å². The first kappa shape index (κ1) is 12.4. The van der Waals surface area contributed by atoms with Crippen LogP contribution in [0.3, 0.4) is 0 Å². The number of Topliss-reactive ketones (excluding diaryl/α,β-unsaturated/α-hetero) is 1. The lowest BCUT2D eigenvalue weighted by Gasteiger charge is -2.07. The zero-order valence-corrected chi connectivity index (χ0v) is 10.9. The summed E-state index contributed by atoms with van der Waals surface area (Å²) in [4.78, 5) is 11.8. The van der Waals surface area contributed by atoms with E-state index in [2.05, 4.69) is 28.1 Å². The summed E-state index contributed by atoms with van der Waals surface area (Å²) in [6.45, 7) is 4.06. The molecule has 2 heteroatoms. The van der Waals surface area contributed by atoms with Gasteiger partial charge in [-0.15, -0.1) is 0 Å². The summed E-state index contributed by atoms with van der Waals surface area (Å²) in [5.41, 5.74) is 2.00. The number of allylic oxidation sites excluding steroid dienone is 6. The van der Waals surface area contributed by atoms with Crippen LogP contribution in [-0.4, -0.2) is 5.78 Å². The van der Waals surface area contributed by atoms with Gasteiger partial charge in [0.2, 0.25) is 0 Å². The third-order valence-electron chi connectivity index (χ3n) is 2.40. The summed E-state index contributed by atoms with van der Waals surface area (Å²) < 4.78 is 1.11. The second-order valence-electron chi connectivity index (χ2n) is 3.79. The summed E-state index contributed by atoms with van der Waals surface area (Å²) >= 11 is 3.51. The Balaban J connectivity index is 2.89. The molecule has 0 N–H and O–H groups in total. The predicted octanol–water partition coefficient (Wildman–Crippen LogP) is 4.30. The Labute approximate surface area is 100 Å². The van der Waals surface area contributed by atoms with Gasteiger partial charge in [0.15, 0.2) is 5.78 Å². The molecular formula is C13H17BrO. The Morgan fingerprint density at radius 1 is 1.40 bits per heavy atom. The third kappa shape index (κ3) is 3.78. The van der Waals surface area contributed by atoms with Gasteiger partial charge in [-0.3, -0.25) is 4.79 Å². The number of hydrogen-bond donors (Lipinski definition) is 0. The molecule has 82 valence electrons. The number of rotatable bonds is 3. The second kappa shape index (κ2) is 6.06. The van der Waals surface area contributed by atoms with Crippen LogP contribution in [0.1, 0.15) is 39.5 Å². The number of hydrogen-bond acceptors (Lipinski definition) is 1. The highest BCUT2D eigenvalue weighted by Gasteiger charge is 2.08. The number of carbonyl (C=O) groups is 1. The van der Waals surface area contributed by atoms with E-state index in [0.29, 0.717) is 6.42 Å². The van der Waals surface area contributed by atoms with E-state index in [-0.39, 0.29) is 5.78 Å². The molecule has 0 heterocycles. The first-order chi connectivity index (χ1) is 7.15. The minimum Gasteiger partial charge on any atom is -0.294 e. The fraction of sp³-hybridized carbons (Fsp3) is 0.462. The van der Waals surface area contributed by atoms with Crippen molar-refractivity contribution in [3.63, 3.8) is 0 Å². The van der Waals surface area contributed by atoms with Gasteiger partial charge in [-0.25, -0.2) is 0 Å². The maximum absolute atomic E-state index is 11.8. The van der Waals surface area contributed by atoms with Gasteiger partial charge < -0.3 is 0 Å². The lowest BCUT2D eigenvalue weighted by atomic mass is 10.0. The van der Waals surface area contributed by atoms with Crippen LogP contribution in [0.5, 0.6) is 0 Å². The van der Waals surface area contributed by atoms with Crippen LogP contribution in [0.4, 0.5) is 0 Å². The summed E-state index contributed by atoms with van der Waals surface area (Å²) in [5.74, 6) is 0.263. The molecule has 1 aliphatic rings. The molecule has 0 saturated heterocycles. The van der Waals surface area contributed by atoms with Gasteiger partial charge >= 0.3 is 0 Å². The summed E-state index contributed by atoms with van der Waals surface area (Å²) in [5, 5.41) is 0. The van der Waals surface area contributed by atoms with Crippen LogP contribution in [0.25, 0.3) is 0 Å². The molecule has 0 amide bonds. The summed E-state index contributed by atoms with van der Waals surface area (Å²) in [6.07, 6.45) is 9.70. The zero-order valence-electron chi connectivity index (χ0n) is 9.35. The second-order valence-corrected chi connectivity index (χ2v) is 4.64. The molecule has 1 rings (SSSR count). The van der Waals surface area contributed by atoms with E-state index in [1.54, 1.807) is 0 Å². The van der Waals surface area contributed by atoms with E-state index in [1.165, 1.54) is 0 Å². The monoisotopic (exact) mass is 268 g/mol. The van der Waals surface area contributed by atoms with Gasteiger partial charge in [0.1, 0.15) is 0 Å². The van der Waals surface area contributed by atoms with Crippen molar-refractivity contribution in [2.75, 3.05) is 0 Å². The Morgan fingerprint density at radius 2 is 2.07 bits per heavy atom. The third-order valence-corrected chi connectivity index (χ3v) is 3.35. The Bertz CT molecular complexity index is 334. The van der Waals surface area contributed by atoms with E-state index < -0.39 is 0 Å². The Hall–Kier alpha value is -0.630. The first-order valence-corrected chi connectivity index (χ1v) is 6.22. The van der Waals surface area contributed by atoms with Crippen LogP contribution < -0.4 is 0 Å².